The molecule has 0 fully saturated rings. The summed E-state index contributed by atoms with van der Waals surface area (Å²) in [6.07, 6.45) is 0.315. The van der Waals surface area contributed by atoms with Gasteiger partial charge in [-0.25, -0.2) is 13.8 Å². The van der Waals surface area contributed by atoms with Crippen molar-refractivity contribution in [1.29, 1.82) is 0 Å². The molecule has 102 valence electrons. The second kappa shape index (κ2) is 4.60. The topological polar surface area (TPSA) is 66.0 Å². The molecule has 0 saturated carbocycles. The van der Waals surface area contributed by atoms with Crippen molar-refractivity contribution in [3.8, 4) is 0 Å². The van der Waals surface area contributed by atoms with Gasteiger partial charge in [0.25, 0.3) is 0 Å². The summed E-state index contributed by atoms with van der Waals surface area (Å²) >= 11 is 0. The Morgan fingerprint density at radius 2 is 2.11 bits per heavy atom. The van der Waals surface area contributed by atoms with Gasteiger partial charge in [-0.2, -0.15) is 0 Å². The molecule has 2 N–H and O–H groups in total. The molecule has 0 aliphatic carbocycles. The number of aliphatic carboxylic acids is 1. The van der Waals surface area contributed by atoms with Crippen molar-refractivity contribution in [2.75, 3.05) is 0 Å². The minimum Gasteiger partial charge on any atom is -0.481 e. The number of imidazole rings is 1. The Bertz CT molecular complexity index is 635. The van der Waals surface area contributed by atoms with E-state index in [-0.39, 0.29) is 11.9 Å². The monoisotopic (exact) mass is 268 g/mol. The molecule has 2 aromatic rings. The normalized spacial score (nSPS) is 12.0. The molecule has 4 nitrogen and oxygen atoms in total. The third-order valence-corrected chi connectivity index (χ3v) is 2.87. The van der Waals surface area contributed by atoms with Crippen LogP contribution in [0.4, 0.5) is 8.78 Å². The highest BCUT2D eigenvalue weighted by molar-refractivity contribution is 5.75. The number of benzene rings is 1. The number of hydrogen-bond donors (Lipinski definition) is 2. The fraction of sp³-hybridized carbons (Fsp3) is 0.385. The van der Waals surface area contributed by atoms with Gasteiger partial charge in [-0.3, -0.25) is 4.79 Å². The zero-order valence-electron chi connectivity index (χ0n) is 10.6. The fourth-order valence-corrected chi connectivity index (χ4v) is 2.08. The van der Waals surface area contributed by atoms with E-state index in [0.29, 0.717) is 17.8 Å². The molecule has 0 spiro atoms. The van der Waals surface area contributed by atoms with E-state index >= 15 is 0 Å². The standard InChI is InChI=1S/C13H14F2N2O2/c1-13(2,6-10(18)19)5-9-16-8-4-3-7(14)11(15)12(8)17-9/h3-4H,5-6H2,1-2H3,(H,16,17)(H,18,19). The highest BCUT2D eigenvalue weighted by atomic mass is 19.2. The van der Waals surface area contributed by atoms with Crippen molar-refractivity contribution in [1.82, 2.24) is 9.97 Å². The first-order valence-corrected chi connectivity index (χ1v) is 5.83. The summed E-state index contributed by atoms with van der Waals surface area (Å²) in [5.41, 5.74) is -0.171. The zero-order valence-corrected chi connectivity index (χ0v) is 10.6. The largest absolute Gasteiger partial charge is 0.481 e. The fourth-order valence-electron chi connectivity index (χ4n) is 2.08. The van der Waals surface area contributed by atoms with Gasteiger partial charge in [-0.05, 0) is 17.5 Å². The van der Waals surface area contributed by atoms with E-state index in [2.05, 4.69) is 9.97 Å². The lowest BCUT2D eigenvalue weighted by Gasteiger charge is -2.20. The minimum atomic E-state index is -0.990. The maximum Gasteiger partial charge on any atom is 0.303 e. The second-order valence-corrected chi connectivity index (χ2v) is 5.35. The summed E-state index contributed by atoms with van der Waals surface area (Å²) in [7, 11) is 0. The molecular weight excluding hydrogens is 254 g/mol. The average molecular weight is 268 g/mol. The van der Waals surface area contributed by atoms with E-state index in [1.807, 2.05) is 0 Å². The Kier molecular flexibility index (Phi) is 3.26. The van der Waals surface area contributed by atoms with Crippen LogP contribution in [0.3, 0.4) is 0 Å². The summed E-state index contributed by atoms with van der Waals surface area (Å²) in [6, 6.07) is 2.44. The van der Waals surface area contributed by atoms with Gasteiger partial charge in [0.2, 0.25) is 0 Å². The lowest BCUT2D eigenvalue weighted by Crippen LogP contribution is -2.20. The van der Waals surface area contributed by atoms with E-state index < -0.39 is 23.0 Å². The average Bonchev–Trinajstić information content (AvgIpc) is 2.64. The van der Waals surface area contributed by atoms with Crippen molar-refractivity contribution in [2.45, 2.75) is 26.7 Å². The van der Waals surface area contributed by atoms with Crippen LogP contribution in [0.15, 0.2) is 12.1 Å². The number of rotatable bonds is 4. The number of carboxylic acid groups (broad SMARTS) is 1. The van der Waals surface area contributed by atoms with Gasteiger partial charge in [-0.1, -0.05) is 13.8 Å². The van der Waals surface area contributed by atoms with Gasteiger partial charge in [-0.15, -0.1) is 0 Å². The molecule has 0 unspecified atom stereocenters. The van der Waals surface area contributed by atoms with Crippen LogP contribution in [0, 0.1) is 17.0 Å². The molecule has 19 heavy (non-hydrogen) atoms. The van der Waals surface area contributed by atoms with Crippen LogP contribution in [0.5, 0.6) is 0 Å². The number of aromatic nitrogens is 2. The number of nitrogens with zero attached hydrogens (tertiary/aromatic N) is 1. The van der Waals surface area contributed by atoms with E-state index in [1.54, 1.807) is 13.8 Å². The molecule has 0 radical (unpaired) electrons. The van der Waals surface area contributed by atoms with E-state index in [9.17, 15) is 13.6 Å². The van der Waals surface area contributed by atoms with E-state index in [1.165, 1.54) is 6.07 Å². The predicted octanol–water partition coefficient (Wildman–Crippen LogP) is 2.88. The summed E-state index contributed by atoms with van der Waals surface area (Å²) in [5.74, 6) is -2.39. The smallest absolute Gasteiger partial charge is 0.303 e. The number of hydrogen-bond acceptors (Lipinski definition) is 2. The molecule has 1 aromatic heterocycles. The predicted molar refractivity (Wildman–Crippen MR) is 65.7 cm³/mol. The molecule has 0 saturated heterocycles. The Morgan fingerprint density at radius 3 is 2.74 bits per heavy atom. The zero-order chi connectivity index (χ0) is 14.2. The third kappa shape index (κ3) is 2.89. The van der Waals surface area contributed by atoms with Crippen molar-refractivity contribution in [3.63, 3.8) is 0 Å². The van der Waals surface area contributed by atoms with Gasteiger partial charge in [0.15, 0.2) is 11.6 Å². The summed E-state index contributed by atoms with van der Waals surface area (Å²) in [5, 5.41) is 8.81. The van der Waals surface area contributed by atoms with Crippen LogP contribution in [-0.2, 0) is 11.2 Å². The van der Waals surface area contributed by atoms with Gasteiger partial charge in [0, 0.05) is 6.42 Å². The van der Waals surface area contributed by atoms with Gasteiger partial charge in [0.05, 0.1) is 11.9 Å². The summed E-state index contributed by atoms with van der Waals surface area (Å²) in [4.78, 5) is 17.6. The van der Waals surface area contributed by atoms with Crippen LogP contribution in [-0.4, -0.2) is 21.0 Å². The molecular formula is C13H14F2N2O2. The molecule has 0 atom stereocenters. The third-order valence-electron chi connectivity index (χ3n) is 2.87. The number of halogens is 2. The SMILES string of the molecule is CC(C)(CC(=O)O)Cc1nc2c(F)c(F)ccc2[nH]1. The van der Waals surface area contributed by atoms with Crippen LogP contribution in [0.1, 0.15) is 26.1 Å². The van der Waals surface area contributed by atoms with Crippen molar-refractivity contribution in [3.05, 3.63) is 29.6 Å². The number of carbonyl (C=O) groups is 1. The van der Waals surface area contributed by atoms with E-state index in [0.717, 1.165) is 6.07 Å². The molecule has 1 heterocycles. The van der Waals surface area contributed by atoms with Gasteiger partial charge >= 0.3 is 5.97 Å². The van der Waals surface area contributed by atoms with Crippen LogP contribution in [0.2, 0.25) is 0 Å². The molecule has 0 aliphatic heterocycles. The Balaban J connectivity index is 2.32. The van der Waals surface area contributed by atoms with Crippen molar-refractivity contribution in [2.24, 2.45) is 5.41 Å². The summed E-state index contributed by atoms with van der Waals surface area (Å²) < 4.78 is 26.6. The number of nitrogens with one attached hydrogen (secondary N) is 1. The highest BCUT2D eigenvalue weighted by Crippen LogP contribution is 2.26. The first-order chi connectivity index (χ1) is 8.78. The number of carboxylic acids is 1. The number of fused-ring (bicyclic) bond motifs is 1. The molecule has 2 rings (SSSR count). The lowest BCUT2D eigenvalue weighted by molar-refractivity contribution is -0.139. The molecule has 6 heteroatoms. The lowest BCUT2D eigenvalue weighted by atomic mass is 9.85. The summed E-state index contributed by atoms with van der Waals surface area (Å²) in [6.45, 7) is 3.57. The Hall–Kier alpha value is -1.98. The number of aromatic amines is 1. The van der Waals surface area contributed by atoms with Gasteiger partial charge in [0.1, 0.15) is 11.3 Å². The Labute approximate surface area is 108 Å². The van der Waals surface area contributed by atoms with Crippen molar-refractivity contribution < 1.29 is 18.7 Å². The van der Waals surface area contributed by atoms with Crippen LogP contribution >= 0.6 is 0 Å². The molecule has 0 amide bonds. The second-order valence-electron chi connectivity index (χ2n) is 5.35. The quantitative estimate of drug-likeness (QED) is 0.896. The first-order valence-electron chi connectivity index (χ1n) is 5.83. The first kappa shape index (κ1) is 13.5. The maximum absolute atomic E-state index is 13.5. The molecule has 1 aromatic carbocycles. The van der Waals surface area contributed by atoms with Crippen LogP contribution in [0.25, 0.3) is 11.0 Å². The van der Waals surface area contributed by atoms with Gasteiger partial charge < -0.3 is 10.1 Å². The minimum absolute atomic E-state index is 0.0269. The van der Waals surface area contributed by atoms with Crippen LogP contribution < -0.4 is 0 Å². The molecule has 0 bridgehead atoms. The maximum atomic E-state index is 13.5. The van der Waals surface area contributed by atoms with E-state index in [4.69, 9.17) is 5.11 Å². The Morgan fingerprint density at radius 1 is 1.42 bits per heavy atom. The highest BCUT2D eigenvalue weighted by Gasteiger charge is 2.24. The molecule has 0 aliphatic rings. The van der Waals surface area contributed by atoms with Crippen molar-refractivity contribution >= 4 is 17.0 Å². The number of H-pyrrole nitrogens is 1.